The summed E-state index contributed by atoms with van der Waals surface area (Å²) >= 11 is 0. The van der Waals surface area contributed by atoms with Crippen molar-refractivity contribution in [2.24, 2.45) is 0 Å². The van der Waals surface area contributed by atoms with Crippen molar-refractivity contribution >= 4 is 19.5 Å². The van der Waals surface area contributed by atoms with E-state index in [2.05, 4.69) is 50.4 Å². The summed E-state index contributed by atoms with van der Waals surface area (Å²) in [6.45, 7) is 9.75. The smallest absolute Gasteiger partial charge is 0.0159 e. The van der Waals surface area contributed by atoms with Crippen LogP contribution in [0.1, 0.15) is 18.9 Å². The number of rotatable bonds is 6. The second kappa shape index (κ2) is 7.19. The summed E-state index contributed by atoms with van der Waals surface area (Å²) in [5, 5.41) is 1.43. The zero-order valence-corrected chi connectivity index (χ0v) is 10.9. The molecule has 1 aromatic rings. The van der Waals surface area contributed by atoms with Crippen LogP contribution in [0.5, 0.6) is 0 Å². The second-order valence-electron chi connectivity index (χ2n) is 3.71. The van der Waals surface area contributed by atoms with E-state index >= 15 is 0 Å². The minimum Gasteiger partial charge on any atom is -0.0991 e. The zero-order valence-electron chi connectivity index (χ0n) is 9.87. The fourth-order valence-corrected chi connectivity index (χ4v) is 2.77. The molecule has 1 unspecified atom stereocenters. The number of allylic oxidation sites excluding steroid dienone is 4. The van der Waals surface area contributed by atoms with Gasteiger partial charge in [0.05, 0.1) is 0 Å². The lowest BCUT2D eigenvalue weighted by atomic mass is 10.1. The third-order valence-electron chi connectivity index (χ3n) is 2.29. The Morgan fingerprint density at radius 1 is 1.38 bits per heavy atom. The van der Waals surface area contributed by atoms with Gasteiger partial charge in [-0.25, -0.2) is 0 Å². The van der Waals surface area contributed by atoms with Gasteiger partial charge in [-0.3, -0.25) is 0 Å². The Bertz CT molecular complexity index is 388. The fraction of sp³-hybridized carbons (Fsp3) is 0.200. The molecule has 0 aliphatic carbocycles. The van der Waals surface area contributed by atoms with Crippen LogP contribution in [-0.2, 0) is 0 Å². The Hall–Kier alpha value is -1.13. The third-order valence-corrected chi connectivity index (χ3v) is 3.64. The average molecular weight is 230 g/mol. The molecule has 0 amide bonds. The van der Waals surface area contributed by atoms with Crippen LogP contribution in [0.4, 0.5) is 0 Å². The first-order valence-corrected chi connectivity index (χ1v) is 6.72. The van der Waals surface area contributed by atoms with Gasteiger partial charge in [-0.1, -0.05) is 69.8 Å². The molecule has 0 spiro atoms. The maximum absolute atomic E-state index is 4.02. The quantitative estimate of drug-likeness (QED) is 0.391. The summed E-state index contributed by atoms with van der Waals surface area (Å²) in [5.41, 5.74) is 2.47. The summed E-state index contributed by atoms with van der Waals surface area (Å²) in [5.74, 6) is 0. The van der Waals surface area contributed by atoms with Crippen LogP contribution in [-0.4, -0.2) is 6.16 Å². The van der Waals surface area contributed by atoms with E-state index in [4.69, 9.17) is 0 Å². The molecular formula is C15H19P. The minimum atomic E-state index is 0.861. The summed E-state index contributed by atoms with van der Waals surface area (Å²) in [4.78, 5) is 0. The highest BCUT2D eigenvalue weighted by Crippen LogP contribution is 2.19. The Morgan fingerprint density at radius 2 is 2.12 bits per heavy atom. The van der Waals surface area contributed by atoms with E-state index < -0.39 is 0 Å². The molecule has 0 aliphatic heterocycles. The van der Waals surface area contributed by atoms with Crippen molar-refractivity contribution < 1.29 is 0 Å². The largest absolute Gasteiger partial charge is 0.0991 e. The van der Waals surface area contributed by atoms with E-state index in [1.54, 1.807) is 0 Å². The highest BCUT2D eigenvalue weighted by Gasteiger charge is 2.00. The molecule has 0 aromatic heterocycles. The van der Waals surface area contributed by atoms with Crippen LogP contribution in [0.3, 0.4) is 0 Å². The molecule has 1 rings (SSSR count). The van der Waals surface area contributed by atoms with Crippen LogP contribution in [0, 0.1) is 0 Å². The minimum absolute atomic E-state index is 0.861. The first kappa shape index (κ1) is 12.9. The number of hydrogen-bond acceptors (Lipinski definition) is 0. The Kier molecular flexibility index (Phi) is 5.82. The van der Waals surface area contributed by atoms with Gasteiger partial charge in [0.25, 0.3) is 0 Å². The van der Waals surface area contributed by atoms with E-state index in [1.807, 2.05) is 12.2 Å². The topological polar surface area (TPSA) is 0 Å². The Morgan fingerprint density at radius 3 is 2.81 bits per heavy atom. The monoisotopic (exact) mass is 230 g/mol. The predicted molar refractivity (Wildman–Crippen MR) is 77.9 cm³/mol. The van der Waals surface area contributed by atoms with E-state index in [1.165, 1.54) is 17.0 Å². The van der Waals surface area contributed by atoms with Gasteiger partial charge in [-0.15, -0.1) is 0 Å². The van der Waals surface area contributed by atoms with E-state index in [0.717, 1.165) is 20.6 Å². The molecule has 0 radical (unpaired) electrons. The lowest BCUT2D eigenvalue weighted by Crippen LogP contribution is -2.02. The van der Waals surface area contributed by atoms with Crippen molar-refractivity contribution in [2.45, 2.75) is 13.3 Å². The standard InChI is InChI=1S/C15H19P/c1-4-5-6-9-12-16-15-11-8-7-10-14(15)13(2)3/h4-8,10-11,16H,1-2,9,12H2,3H3/b6-5-. The van der Waals surface area contributed by atoms with Gasteiger partial charge in [0, 0.05) is 0 Å². The van der Waals surface area contributed by atoms with E-state index in [0.29, 0.717) is 0 Å². The maximum Gasteiger partial charge on any atom is -0.0159 e. The summed E-state index contributed by atoms with van der Waals surface area (Å²) in [6, 6.07) is 8.55. The SMILES string of the molecule is C=C/C=C\CCPc1ccccc1C(=C)C. The third kappa shape index (κ3) is 4.16. The van der Waals surface area contributed by atoms with Crippen LogP contribution in [0.2, 0.25) is 0 Å². The molecule has 1 atom stereocenters. The average Bonchev–Trinajstić information content (AvgIpc) is 2.29. The zero-order chi connectivity index (χ0) is 11.8. The van der Waals surface area contributed by atoms with Crippen LogP contribution < -0.4 is 5.30 Å². The van der Waals surface area contributed by atoms with Gasteiger partial charge >= 0.3 is 0 Å². The van der Waals surface area contributed by atoms with Crippen molar-refractivity contribution in [1.29, 1.82) is 0 Å². The lowest BCUT2D eigenvalue weighted by molar-refractivity contribution is 1.24. The predicted octanol–water partition coefficient (Wildman–Crippen LogP) is 4.16. The molecule has 84 valence electrons. The molecule has 0 N–H and O–H groups in total. The molecule has 0 aliphatic rings. The van der Waals surface area contributed by atoms with Crippen molar-refractivity contribution in [3.8, 4) is 0 Å². The summed E-state index contributed by atoms with van der Waals surface area (Å²) in [7, 11) is 0.861. The number of hydrogen-bond donors (Lipinski definition) is 0. The molecular weight excluding hydrogens is 211 g/mol. The summed E-state index contributed by atoms with van der Waals surface area (Å²) < 4.78 is 0. The number of benzene rings is 1. The first-order valence-electron chi connectivity index (χ1n) is 5.52. The van der Waals surface area contributed by atoms with Crippen molar-refractivity contribution in [1.82, 2.24) is 0 Å². The van der Waals surface area contributed by atoms with Gasteiger partial charge in [0.1, 0.15) is 0 Å². The van der Waals surface area contributed by atoms with Crippen LogP contribution in [0.15, 0.2) is 55.7 Å². The molecule has 0 saturated heterocycles. The molecule has 0 bridgehead atoms. The Labute approximate surface area is 101 Å². The first-order chi connectivity index (χ1) is 7.75. The normalized spacial score (nSPS) is 11.3. The highest BCUT2D eigenvalue weighted by atomic mass is 31.1. The molecule has 0 nitrogen and oxygen atoms in total. The van der Waals surface area contributed by atoms with E-state index in [9.17, 15) is 0 Å². The van der Waals surface area contributed by atoms with Crippen LogP contribution >= 0.6 is 8.58 Å². The van der Waals surface area contributed by atoms with Gasteiger partial charge in [-0.2, -0.15) is 0 Å². The lowest BCUT2D eigenvalue weighted by Gasteiger charge is -2.08. The molecule has 16 heavy (non-hydrogen) atoms. The Balaban J connectivity index is 2.56. The molecule has 0 heterocycles. The van der Waals surface area contributed by atoms with Gasteiger partial charge in [-0.05, 0) is 30.4 Å². The van der Waals surface area contributed by atoms with Crippen molar-refractivity contribution in [3.63, 3.8) is 0 Å². The van der Waals surface area contributed by atoms with E-state index in [-0.39, 0.29) is 0 Å². The molecule has 1 aromatic carbocycles. The van der Waals surface area contributed by atoms with Gasteiger partial charge in [0.15, 0.2) is 0 Å². The fourth-order valence-electron chi connectivity index (χ4n) is 1.49. The molecule has 0 saturated carbocycles. The van der Waals surface area contributed by atoms with Crippen LogP contribution in [0.25, 0.3) is 5.57 Å². The van der Waals surface area contributed by atoms with Crippen molar-refractivity contribution in [3.05, 3.63) is 61.2 Å². The second-order valence-corrected chi connectivity index (χ2v) is 5.10. The summed E-state index contributed by atoms with van der Waals surface area (Å²) in [6.07, 6.45) is 8.33. The maximum atomic E-state index is 4.02. The van der Waals surface area contributed by atoms with Gasteiger partial charge in [0.2, 0.25) is 0 Å². The molecule has 0 fully saturated rings. The highest BCUT2D eigenvalue weighted by molar-refractivity contribution is 7.47. The van der Waals surface area contributed by atoms with Crippen molar-refractivity contribution in [2.75, 3.05) is 6.16 Å². The molecule has 1 heteroatoms. The van der Waals surface area contributed by atoms with Gasteiger partial charge < -0.3 is 0 Å².